The third kappa shape index (κ3) is 5.43. The Morgan fingerprint density at radius 3 is 2.52 bits per heavy atom. The van der Waals surface area contributed by atoms with Crippen LogP contribution in [-0.2, 0) is 24.2 Å². The Kier molecular flexibility index (Phi) is 6.40. The summed E-state index contributed by atoms with van der Waals surface area (Å²) in [5, 5.41) is 14.4. The maximum Gasteiger partial charge on any atom is 0.408 e. The van der Waals surface area contributed by atoms with Crippen molar-refractivity contribution in [2.24, 2.45) is 5.92 Å². The number of amides is 2. The first-order valence-corrected chi connectivity index (χ1v) is 11.5. The Bertz CT molecular complexity index is 1030. The Morgan fingerprint density at radius 2 is 1.90 bits per heavy atom. The number of sulfone groups is 1. The van der Waals surface area contributed by atoms with E-state index in [1.807, 2.05) is 13.8 Å². The molecule has 2 aliphatic rings. The van der Waals surface area contributed by atoms with Gasteiger partial charge in [-0.3, -0.25) is 4.79 Å². The minimum Gasteiger partial charge on any atom is -0.480 e. The highest BCUT2D eigenvalue weighted by Crippen LogP contribution is 2.39. The molecule has 1 saturated carbocycles. The van der Waals surface area contributed by atoms with Crippen LogP contribution < -0.4 is 10.6 Å². The highest BCUT2D eigenvalue weighted by Gasteiger charge is 2.38. The second-order valence-electron chi connectivity index (χ2n) is 8.35. The van der Waals surface area contributed by atoms with Crippen molar-refractivity contribution in [1.82, 2.24) is 10.6 Å². The number of ether oxygens (including phenoxy) is 1. The largest absolute Gasteiger partial charge is 0.480 e. The molecule has 31 heavy (non-hydrogen) atoms. The first-order chi connectivity index (χ1) is 14.5. The lowest BCUT2D eigenvalue weighted by molar-refractivity contribution is -0.139. The van der Waals surface area contributed by atoms with Crippen molar-refractivity contribution in [3.05, 3.63) is 34.7 Å². The molecule has 0 saturated heterocycles. The van der Waals surface area contributed by atoms with E-state index in [0.717, 1.165) is 12.8 Å². The number of fused-ring (bicyclic) bond motifs is 1. The molecule has 168 valence electrons. The van der Waals surface area contributed by atoms with Gasteiger partial charge in [0.25, 0.3) is 0 Å². The minimum absolute atomic E-state index is 0.0811. The van der Waals surface area contributed by atoms with Crippen LogP contribution in [0.15, 0.2) is 34.1 Å². The Labute approximate surface area is 180 Å². The van der Waals surface area contributed by atoms with Gasteiger partial charge in [0.2, 0.25) is 15.7 Å². The standard InChI is InChI=1S/C21H26N2O7S/c1-21(2,14-7-8-14)23-18(24)10-9-16(19(25)26)22-20(27)30-12-15-11-13-5-3-4-6-17(13)31(15,28)29/h3-6,11,14,16H,7-10,12H2,1-2H3,(H,22,27)(H,23,24)(H,25,26)/t16-/m0/s1. The summed E-state index contributed by atoms with van der Waals surface area (Å²) in [6, 6.07) is 5.05. The molecule has 0 spiro atoms. The molecule has 0 aromatic heterocycles. The summed E-state index contributed by atoms with van der Waals surface area (Å²) in [6.07, 6.45) is 2.24. The number of hydrogen-bond acceptors (Lipinski definition) is 6. The van der Waals surface area contributed by atoms with Crippen molar-refractivity contribution in [2.75, 3.05) is 6.61 Å². The molecule has 1 heterocycles. The van der Waals surface area contributed by atoms with Crippen molar-refractivity contribution < 1.29 is 32.6 Å². The Hall–Kier alpha value is -2.88. The molecule has 1 aliphatic carbocycles. The zero-order valence-electron chi connectivity index (χ0n) is 17.4. The van der Waals surface area contributed by atoms with Crippen molar-refractivity contribution in [3.8, 4) is 0 Å². The van der Waals surface area contributed by atoms with Crippen LogP contribution in [0.5, 0.6) is 0 Å². The second kappa shape index (κ2) is 8.70. The Morgan fingerprint density at radius 1 is 1.23 bits per heavy atom. The number of carbonyl (C=O) groups excluding carboxylic acids is 2. The van der Waals surface area contributed by atoms with Crippen LogP contribution in [-0.4, -0.2) is 49.7 Å². The number of carbonyl (C=O) groups is 3. The van der Waals surface area contributed by atoms with Gasteiger partial charge in [0, 0.05) is 12.0 Å². The van der Waals surface area contributed by atoms with Gasteiger partial charge < -0.3 is 20.5 Å². The summed E-state index contributed by atoms with van der Waals surface area (Å²) in [6.45, 7) is 3.33. The van der Waals surface area contributed by atoms with E-state index in [1.165, 1.54) is 12.1 Å². The van der Waals surface area contributed by atoms with Crippen LogP contribution in [0.3, 0.4) is 0 Å². The summed E-state index contributed by atoms with van der Waals surface area (Å²) in [4.78, 5) is 35.7. The zero-order valence-corrected chi connectivity index (χ0v) is 18.2. The van der Waals surface area contributed by atoms with Gasteiger partial charge in [0.1, 0.15) is 12.6 Å². The fourth-order valence-electron chi connectivity index (χ4n) is 3.54. The summed E-state index contributed by atoms with van der Waals surface area (Å²) < 4.78 is 29.8. The van der Waals surface area contributed by atoms with Crippen molar-refractivity contribution in [2.45, 2.75) is 56.0 Å². The maximum atomic E-state index is 12.5. The van der Waals surface area contributed by atoms with Gasteiger partial charge in [-0.2, -0.15) is 0 Å². The highest BCUT2D eigenvalue weighted by molar-refractivity contribution is 7.95. The average Bonchev–Trinajstić information content (AvgIpc) is 3.50. The first-order valence-electron chi connectivity index (χ1n) is 10.0. The van der Waals surface area contributed by atoms with Crippen LogP contribution in [0.4, 0.5) is 4.79 Å². The van der Waals surface area contributed by atoms with Gasteiger partial charge >= 0.3 is 12.1 Å². The first kappa shape index (κ1) is 22.8. The SMILES string of the molecule is CC(C)(NC(=O)CC[C@H](NC(=O)OCC1=Cc2ccccc2S1(=O)=O)C(=O)O)C1CC1. The van der Waals surface area contributed by atoms with E-state index in [9.17, 15) is 27.9 Å². The number of benzene rings is 1. The van der Waals surface area contributed by atoms with E-state index in [0.29, 0.717) is 11.5 Å². The molecular weight excluding hydrogens is 424 g/mol. The molecule has 10 heteroatoms. The van der Waals surface area contributed by atoms with E-state index < -0.39 is 34.5 Å². The summed E-state index contributed by atoms with van der Waals surface area (Å²) in [5.41, 5.74) is 0.158. The molecule has 3 N–H and O–H groups in total. The van der Waals surface area contributed by atoms with Gasteiger partial charge in [-0.15, -0.1) is 0 Å². The fourth-order valence-corrected chi connectivity index (χ4v) is 5.01. The van der Waals surface area contributed by atoms with Gasteiger partial charge in [-0.05, 0) is 56.7 Å². The number of carboxylic acids is 1. The molecule has 1 aromatic carbocycles. The minimum atomic E-state index is -3.74. The predicted molar refractivity (Wildman–Crippen MR) is 112 cm³/mol. The quantitative estimate of drug-likeness (QED) is 0.523. The molecule has 0 unspecified atom stereocenters. The van der Waals surface area contributed by atoms with Gasteiger partial charge in [0.15, 0.2) is 0 Å². The number of alkyl carbamates (subject to hydrolysis) is 1. The highest BCUT2D eigenvalue weighted by atomic mass is 32.2. The van der Waals surface area contributed by atoms with Crippen LogP contribution in [0, 0.1) is 5.92 Å². The number of nitrogens with one attached hydrogen (secondary N) is 2. The topological polar surface area (TPSA) is 139 Å². The smallest absolute Gasteiger partial charge is 0.408 e. The summed E-state index contributed by atoms with van der Waals surface area (Å²) >= 11 is 0. The van der Waals surface area contributed by atoms with Gasteiger partial charge in [-0.25, -0.2) is 18.0 Å². The average molecular weight is 451 g/mol. The number of hydrogen-bond donors (Lipinski definition) is 3. The lowest BCUT2D eigenvalue weighted by atomic mass is 9.98. The summed E-state index contributed by atoms with van der Waals surface area (Å²) in [7, 11) is -3.74. The van der Waals surface area contributed by atoms with E-state index >= 15 is 0 Å². The number of aliphatic carboxylic acids is 1. The molecule has 1 aliphatic heterocycles. The second-order valence-corrected chi connectivity index (χ2v) is 10.3. The molecule has 0 bridgehead atoms. The third-order valence-electron chi connectivity index (χ3n) is 5.53. The molecule has 9 nitrogen and oxygen atoms in total. The van der Waals surface area contributed by atoms with Crippen LogP contribution in [0.25, 0.3) is 6.08 Å². The van der Waals surface area contributed by atoms with Crippen LogP contribution in [0.2, 0.25) is 0 Å². The molecule has 1 fully saturated rings. The number of rotatable bonds is 9. The van der Waals surface area contributed by atoms with Crippen molar-refractivity contribution >= 4 is 33.9 Å². The van der Waals surface area contributed by atoms with Crippen molar-refractivity contribution in [1.29, 1.82) is 0 Å². The monoisotopic (exact) mass is 450 g/mol. The maximum absolute atomic E-state index is 12.5. The van der Waals surface area contributed by atoms with Gasteiger partial charge in [0.05, 0.1) is 9.80 Å². The molecular formula is C21H26N2O7S. The third-order valence-corrected chi connectivity index (χ3v) is 7.40. The lowest BCUT2D eigenvalue weighted by Crippen LogP contribution is -2.46. The van der Waals surface area contributed by atoms with Crippen molar-refractivity contribution in [3.63, 3.8) is 0 Å². The molecule has 2 amide bonds. The van der Waals surface area contributed by atoms with E-state index in [2.05, 4.69) is 10.6 Å². The molecule has 1 aromatic rings. The normalized spacial score (nSPS) is 17.8. The number of carboxylic acid groups (broad SMARTS) is 1. The van der Waals surface area contributed by atoms with E-state index in [4.69, 9.17) is 4.74 Å². The lowest BCUT2D eigenvalue weighted by Gasteiger charge is -2.26. The molecule has 0 radical (unpaired) electrons. The van der Waals surface area contributed by atoms with Crippen LogP contribution >= 0.6 is 0 Å². The Balaban J connectivity index is 1.50. The zero-order chi connectivity index (χ0) is 22.8. The summed E-state index contributed by atoms with van der Waals surface area (Å²) in [5.74, 6) is -1.18. The molecule has 1 atom stereocenters. The fraction of sp³-hybridized carbons (Fsp3) is 0.476. The van der Waals surface area contributed by atoms with Gasteiger partial charge in [-0.1, -0.05) is 18.2 Å². The van der Waals surface area contributed by atoms with E-state index in [-0.39, 0.29) is 34.1 Å². The van der Waals surface area contributed by atoms with E-state index in [1.54, 1.807) is 18.2 Å². The predicted octanol–water partition coefficient (Wildman–Crippen LogP) is 2.08. The van der Waals surface area contributed by atoms with Crippen LogP contribution in [0.1, 0.15) is 45.1 Å². The molecule has 3 rings (SSSR count).